The van der Waals surface area contributed by atoms with Crippen LogP contribution < -0.4 is 16.0 Å². The van der Waals surface area contributed by atoms with Crippen molar-refractivity contribution in [2.24, 2.45) is 0 Å². The molecule has 0 heterocycles. The molecule has 0 aromatic heterocycles. The average Bonchev–Trinajstić information content (AvgIpc) is 3.15. The third-order valence-corrected chi connectivity index (χ3v) is 2.79. The summed E-state index contributed by atoms with van der Waals surface area (Å²) in [5, 5.41) is 8.62. The topological polar surface area (TPSA) is 53.2 Å². The Labute approximate surface area is 114 Å². The predicted octanol–water partition coefficient (Wildman–Crippen LogP) is 1.53. The summed E-state index contributed by atoms with van der Waals surface area (Å²) >= 11 is 4.98. The molecule has 0 bridgehead atoms. The molecule has 3 N–H and O–H groups in total. The number of halogens is 2. The maximum atomic E-state index is 12.9. The molecule has 0 atom stereocenters. The van der Waals surface area contributed by atoms with E-state index in [0.717, 1.165) is 25.0 Å². The van der Waals surface area contributed by atoms with Gasteiger partial charge in [-0.2, -0.15) is 0 Å². The molecule has 7 heteroatoms. The van der Waals surface area contributed by atoms with Gasteiger partial charge >= 0.3 is 0 Å². The van der Waals surface area contributed by atoms with Crippen molar-refractivity contribution in [2.75, 3.05) is 11.9 Å². The Balaban J connectivity index is 1.76. The van der Waals surface area contributed by atoms with Crippen molar-refractivity contribution < 1.29 is 13.6 Å². The molecule has 0 radical (unpaired) electrons. The summed E-state index contributed by atoms with van der Waals surface area (Å²) in [4.78, 5) is 11.5. The molecule has 1 aromatic carbocycles. The van der Waals surface area contributed by atoms with Crippen LogP contribution in [0.15, 0.2) is 18.2 Å². The number of anilines is 1. The molecule has 1 aromatic rings. The predicted molar refractivity (Wildman–Crippen MR) is 71.7 cm³/mol. The lowest BCUT2D eigenvalue weighted by Crippen LogP contribution is -2.40. The van der Waals surface area contributed by atoms with Crippen molar-refractivity contribution >= 4 is 28.9 Å². The normalized spacial score (nSPS) is 13.8. The Morgan fingerprint density at radius 2 is 2.05 bits per heavy atom. The number of amides is 1. The molecule has 1 aliphatic carbocycles. The molecule has 0 aliphatic heterocycles. The number of benzene rings is 1. The van der Waals surface area contributed by atoms with Gasteiger partial charge in [-0.25, -0.2) is 8.78 Å². The van der Waals surface area contributed by atoms with E-state index in [-0.39, 0.29) is 18.1 Å². The zero-order valence-electron chi connectivity index (χ0n) is 10.0. The van der Waals surface area contributed by atoms with Gasteiger partial charge in [-0.15, -0.1) is 0 Å². The molecule has 1 saturated carbocycles. The maximum absolute atomic E-state index is 12.9. The second-order valence-corrected chi connectivity index (χ2v) is 4.69. The first kappa shape index (κ1) is 13.7. The molecule has 102 valence electrons. The molecule has 4 nitrogen and oxygen atoms in total. The number of hydrogen-bond acceptors (Lipinski definition) is 2. The van der Waals surface area contributed by atoms with Gasteiger partial charge in [0.25, 0.3) is 0 Å². The molecule has 1 aliphatic rings. The van der Waals surface area contributed by atoms with E-state index in [1.54, 1.807) is 0 Å². The van der Waals surface area contributed by atoms with Gasteiger partial charge in [-0.05, 0) is 37.2 Å². The molecule has 0 spiro atoms. The summed E-state index contributed by atoms with van der Waals surface area (Å²) in [6.07, 6.45) is 2.17. The number of carbonyl (C=O) groups excluding carboxylic acids is 1. The van der Waals surface area contributed by atoms with E-state index in [4.69, 9.17) is 12.2 Å². The van der Waals surface area contributed by atoms with E-state index in [1.807, 2.05) is 0 Å². The smallest absolute Gasteiger partial charge is 0.243 e. The fourth-order valence-corrected chi connectivity index (χ4v) is 1.64. The van der Waals surface area contributed by atoms with Crippen LogP contribution in [0.1, 0.15) is 12.8 Å². The van der Waals surface area contributed by atoms with Crippen LogP contribution in [0.2, 0.25) is 0 Å². The first-order chi connectivity index (χ1) is 9.04. The van der Waals surface area contributed by atoms with Gasteiger partial charge in [0.05, 0.1) is 6.54 Å². The lowest BCUT2D eigenvalue weighted by atomic mass is 10.3. The van der Waals surface area contributed by atoms with Gasteiger partial charge in [0, 0.05) is 17.8 Å². The number of rotatable bonds is 4. The highest BCUT2D eigenvalue weighted by atomic mass is 32.1. The van der Waals surface area contributed by atoms with E-state index in [2.05, 4.69) is 16.0 Å². The van der Waals surface area contributed by atoms with E-state index in [1.165, 1.54) is 6.07 Å². The molecule has 1 fully saturated rings. The molecule has 19 heavy (non-hydrogen) atoms. The van der Waals surface area contributed by atoms with Crippen LogP contribution in [0, 0.1) is 11.6 Å². The number of hydrogen-bond donors (Lipinski definition) is 3. The van der Waals surface area contributed by atoms with Gasteiger partial charge in [-0.3, -0.25) is 4.79 Å². The average molecular weight is 285 g/mol. The Kier molecular flexibility index (Phi) is 4.26. The lowest BCUT2D eigenvalue weighted by molar-refractivity contribution is -0.115. The molecule has 1 amide bonds. The minimum absolute atomic E-state index is 0.0302. The summed E-state index contributed by atoms with van der Waals surface area (Å²) in [7, 11) is 0. The van der Waals surface area contributed by atoms with Crippen LogP contribution in [0.25, 0.3) is 0 Å². The molecular formula is C12H13F2N3OS. The highest BCUT2D eigenvalue weighted by molar-refractivity contribution is 7.80. The van der Waals surface area contributed by atoms with Crippen LogP contribution in [0.4, 0.5) is 14.5 Å². The lowest BCUT2D eigenvalue weighted by Gasteiger charge is -2.10. The second-order valence-electron chi connectivity index (χ2n) is 4.28. The maximum Gasteiger partial charge on any atom is 0.243 e. The minimum Gasteiger partial charge on any atom is -0.360 e. The largest absolute Gasteiger partial charge is 0.360 e. The summed E-state index contributed by atoms with van der Waals surface area (Å²) in [6, 6.07) is 3.58. The molecule has 2 rings (SSSR count). The van der Waals surface area contributed by atoms with Gasteiger partial charge in [0.1, 0.15) is 0 Å². The van der Waals surface area contributed by atoms with Crippen molar-refractivity contribution in [2.45, 2.75) is 18.9 Å². The van der Waals surface area contributed by atoms with Crippen molar-refractivity contribution in [1.29, 1.82) is 0 Å². The first-order valence-electron chi connectivity index (χ1n) is 5.84. The molecular weight excluding hydrogens is 272 g/mol. The highest BCUT2D eigenvalue weighted by Crippen LogP contribution is 2.18. The summed E-state index contributed by atoms with van der Waals surface area (Å²) in [5.41, 5.74) is 0.201. The zero-order chi connectivity index (χ0) is 13.8. The van der Waals surface area contributed by atoms with E-state index < -0.39 is 11.6 Å². The summed E-state index contributed by atoms with van der Waals surface area (Å²) in [5.74, 6) is -2.34. The third-order valence-electron chi connectivity index (χ3n) is 2.53. The monoisotopic (exact) mass is 285 g/mol. The van der Waals surface area contributed by atoms with Crippen molar-refractivity contribution in [3.8, 4) is 0 Å². The SMILES string of the molecule is O=C(CNC(=S)NC1CC1)Nc1ccc(F)c(F)c1. The highest BCUT2D eigenvalue weighted by Gasteiger charge is 2.21. The number of carbonyl (C=O) groups is 1. The van der Waals surface area contributed by atoms with Crippen LogP contribution in [0.5, 0.6) is 0 Å². The van der Waals surface area contributed by atoms with E-state index in [0.29, 0.717) is 11.2 Å². The van der Waals surface area contributed by atoms with Gasteiger partial charge in [-0.1, -0.05) is 0 Å². The summed E-state index contributed by atoms with van der Waals surface area (Å²) in [6.45, 7) is -0.0302. The van der Waals surface area contributed by atoms with Crippen LogP contribution in [-0.4, -0.2) is 23.6 Å². The fourth-order valence-electron chi connectivity index (χ4n) is 1.40. The Morgan fingerprint density at radius 3 is 2.68 bits per heavy atom. The van der Waals surface area contributed by atoms with Crippen molar-refractivity contribution in [1.82, 2.24) is 10.6 Å². The van der Waals surface area contributed by atoms with E-state index >= 15 is 0 Å². The first-order valence-corrected chi connectivity index (χ1v) is 6.24. The number of thiocarbonyl (C=S) groups is 1. The van der Waals surface area contributed by atoms with Crippen molar-refractivity contribution in [3.05, 3.63) is 29.8 Å². The van der Waals surface area contributed by atoms with Gasteiger partial charge in [0.2, 0.25) is 5.91 Å². The summed E-state index contributed by atoms with van der Waals surface area (Å²) < 4.78 is 25.6. The van der Waals surface area contributed by atoms with Crippen LogP contribution >= 0.6 is 12.2 Å². The quantitative estimate of drug-likeness (QED) is 0.734. The standard InChI is InChI=1S/C12H13F2N3OS/c13-9-4-3-8(5-10(9)14)16-11(18)6-15-12(19)17-7-1-2-7/h3-5,7H,1-2,6H2,(H,16,18)(H2,15,17,19). The van der Waals surface area contributed by atoms with Gasteiger partial charge < -0.3 is 16.0 Å². The minimum atomic E-state index is -1.00. The fraction of sp³-hybridized carbons (Fsp3) is 0.333. The Morgan fingerprint density at radius 1 is 1.32 bits per heavy atom. The Bertz CT molecular complexity index is 506. The molecule has 0 saturated heterocycles. The number of nitrogens with one attached hydrogen (secondary N) is 3. The van der Waals surface area contributed by atoms with Crippen LogP contribution in [0.3, 0.4) is 0 Å². The zero-order valence-corrected chi connectivity index (χ0v) is 10.8. The van der Waals surface area contributed by atoms with Crippen molar-refractivity contribution in [3.63, 3.8) is 0 Å². The van der Waals surface area contributed by atoms with Crippen LogP contribution in [-0.2, 0) is 4.79 Å². The third kappa shape index (κ3) is 4.44. The second kappa shape index (κ2) is 5.92. The Hall–Kier alpha value is -1.76. The van der Waals surface area contributed by atoms with E-state index in [9.17, 15) is 13.6 Å². The molecule has 0 unspecified atom stereocenters. The van der Waals surface area contributed by atoms with Gasteiger partial charge in [0.15, 0.2) is 16.7 Å².